The van der Waals surface area contributed by atoms with Gasteiger partial charge in [-0.25, -0.2) is 17.9 Å². The van der Waals surface area contributed by atoms with Crippen LogP contribution in [-0.4, -0.2) is 37.1 Å². The SMILES string of the molecule is CCCCCCCc1ccc(CN(C(=O)CNS(=O)(=O)c2ccc(-c3ccccc3)c(C)c2)c2ccc(O)c(C(=O)O)c2)cc1. The average molecular weight is 629 g/mol. The minimum Gasteiger partial charge on any atom is -0.507 e. The van der Waals surface area contributed by atoms with Crippen molar-refractivity contribution in [2.75, 3.05) is 11.4 Å². The van der Waals surface area contributed by atoms with Crippen LogP contribution in [0.25, 0.3) is 11.1 Å². The Kier molecular flexibility index (Phi) is 11.5. The number of phenols is 1. The number of carbonyl (C=O) groups is 2. The first kappa shape index (κ1) is 33.4. The van der Waals surface area contributed by atoms with Crippen LogP contribution in [0, 0.1) is 6.92 Å². The van der Waals surface area contributed by atoms with Gasteiger partial charge < -0.3 is 15.1 Å². The van der Waals surface area contributed by atoms with Gasteiger partial charge in [-0.05, 0) is 77.9 Å². The lowest BCUT2D eigenvalue weighted by Crippen LogP contribution is -2.40. The summed E-state index contributed by atoms with van der Waals surface area (Å²) in [4.78, 5) is 26.6. The van der Waals surface area contributed by atoms with E-state index < -0.39 is 34.2 Å². The van der Waals surface area contributed by atoms with Crippen LogP contribution >= 0.6 is 0 Å². The molecule has 1 amide bonds. The van der Waals surface area contributed by atoms with Gasteiger partial charge in [0.2, 0.25) is 15.9 Å². The number of rotatable bonds is 15. The molecule has 45 heavy (non-hydrogen) atoms. The number of nitrogens with zero attached hydrogens (tertiary/aromatic N) is 1. The predicted octanol–water partition coefficient (Wildman–Crippen LogP) is 7.09. The number of sulfonamides is 1. The van der Waals surface area contributed by atoms with Gasteiger partial charge in [0.25, 0.3) is 0 Å². The number of unbranched alkanes of at least 4 members (excludes halogenated alkanes) is 4. The van der Waals surface area contributed by atoms with E-state index >= 15 is 0 Å². The molecule has 4 aromatic carbocycles. The molecule has 3 N–H and O–H groups in total. The summed E-state index contributed by atoms with van der Waals surface area (Å²) in [5.41, 5.74) is 4.47. The van der Waals surface area contributed by atoms with E-state index in [9.17, 15) is 28.2 Å². The van der Waals surface area contributed by atoms with Crippen molar-refractivity contribution in [3.63, 3.8) is 0 Å². The van der Waals surface area contributed by atoms with Crippen molar-refractivity contribution in [2.45, 2.75) is 63.8 Å². The summed E-state index contributed by atoms with van der Waals surface area (Å²) in [6, 6.07) is 26.2. The van der Waals surface area contributed by atoms with E-state index in [2.05, 4.69) is 11.6 Å². The Morgan fingerprint density at radius 2 is 1.51 bits per heavy atom. The van der Waals surface area contributed by atoms with E-state index in [0.717, 1.165) is 35.1 Å². The summed E-state index contributed by atoms with van der Waals surface area (Å²) < 4.78 is 28.9. The van der Waals surface area contributed by atoms with Gasteiger partial charge in [0.05, 0.1) is 18.0 Å². The van der Waals surface area contributed by atoms with Gasteiger partial charge in [-0.1, -0.05) is 93.3 Å². The molecule has 0 aliphatic rings. The average Bonchev–Trinajstić information content (AvgIpc) is 3.03. The third kappa shape index (κ3) is 9.03. The standard InChI is InChI=1S/C36H40N2O6S/c1-3-4-5-6-8-11-27-14-16-28(17-15-27)25-38(30-18-21-34(39)33(23-30)36(41)42)35(40)24-37-45(43,44)31-19-20-32(26(2)22-31)29-12-9-7-10-13-29/h7,9-10,12-23,37,39H,3-6,8,11,24-25H2,1-2H3,(H,41,42). The second kappa shape index (κ2) is 15.5. The number of benzene rings is 4. The maximum atomic E-state index is 13.6. The minimum absolute atomic E-state index is 0.0297. The summed E-state index contributed by atoms with van der Waals surface area (Å²) in [6.07, 6.45) is 6.89. The van der Waals surface area contributed by atoms with E-state index in [4.69, 9.17) is 0 Å². The molecule has 0 unspecified atom stereocenters. The number of carbonyl (C=O) groups excluding carboxylic acids is 1. The van der Waals surface area contributed by atoms with Crippen LogP contribution < -0.4 is 9.62 Å². The van der Waals surface area contributed by atoms with E-state index in [1.54, 1.807) is 12.1 Å². The number of hydrogen-bond acceptors (Lipinski definition) is 5. The van der Waals surface area contributed by atoms with E-state index in [-0.39, 0.29) is 22.7 Å². The van der Waals surface area contributed by atoms with Crippen molar-refractivity contribution in [1.82, 2.24) is 4.72 Å². The van der Waals surface area contributed by atoms with Gasteiger partial charge >= 0.3 is 5.97 Å². The first-order valence-corrected chi connectivity index (χ1v) is 16.7. The Labute approximate surface area is 265 Å². The van der Waals surface area contributed by atoms with Crippen LogP contribution in [0.5, 0.6) is 5.75 Å². The second-order valence-electron chi connectivity index (χ2n) is 11.1. The molecule has 0 spiro atoms. The van der Waals surface area contributed by atoms with Gasteiger partial charge in [0.15, 0.2) is 0 Å². The Morgan fingerprint density at radius 3 is 2.18 bits per heavy atom. The Hall–Kier alpha value is -4.47. The van der Waals surface area contributed by atoms with Crippen molar-refractivity contribution < 1.29 is 28.2 Å². The zero-order valence-corrected chi connectivity index (χ0v) is 26.5. The van der Waals surface area contributed by atoms with Crippen LogP contribution in [-0.2, 0) is 27.8 Å². The topological polar surface area (TPSA) is 124 Å². The fourth-order valence-electron chi connectivity index (χ4n) is 5.19. The van der Waals surface area contributed by atoms with Gasteiger partial charge in [-0.3, -0.25) is 4.79 Å². The van der Waals surface area contributed by atoms with Crippen molar-refractivity contribution in [1.29, 1.82) is 0 Å². The number of carboxylic acids is 1. The molecule has 0 fully saturated rings. The van der Waals surface area contributed by atoms with Gasteiger partial charge in [0, 0.05) is 5.69 Å². The molecule has 0 aliphatic carbocycles. The zero-order valence-electron chi connectivity index (χ0n) is 25.7. The fourth-order valence-corrected chi connectivity index (χ4v) is 6.25. The molecule has 0 saturated carbocycles. The van der Waals surface area contributed by atoms with Crippen LogP contribution in [0.1, 0.15) is 66.1 Å². The first-order valence-electron chi connectivity index (χ1n) is 15.2. The highest BCUT2D eigenvalue weighted by Gasteiger charge is 2.23. The number of aryl methyl sites for hydroxylation is 2. The Morgan fingerprint density at radius 1 is 0.822 bits per heavy atom. The van der Waals surface area contributed by atoms with E-state index in [1.807, 2.05) is 61.5 Å². The van der Waals surface area contributed by atoms with Crippen molar-refractivity contribution >= 4 is 27.6 Å². The smallest absolute Gasteiger partial charge is 0.339 e. The molecule has 0 saturated heterocycles. The van der Waals surface area contributed by atoms with Crippen LogP contribution in [0.4, 0.5) is 5.69 Å². The third-order valence-electron chi connectivity index (χ3n) is 7.76. The molecule has 4 aromatic rings. The van der Waals surface area contributed by atoms with Gasteiger partial charge in [-0.2, -0.15) is 0 Å². The number of aromatic carboxylic acids is 1. The molecule has 9 heteroatoms. The summed E-state index contributed by atoms with van der Waals surface area (Å²) in [5, 5.41) is 19.6. The minimum atomic E-state index is -4.05. The summed E-state index contributed by atoms with van der Waals surface area (Å²) >= 11 is 0. The normalized spacial score (nSPS) is 11.3. The number of aromatic hydroxyl groups is 1. The predicted molar refractivity (Wildman–Crippen MR) is 177 cm³/mol. The quantitative estimate of drug-likeness (QED) is 0.121. The van der Waals surface area contributed by atoms with Crippen LogP contribution in [0.3, 0.4) is 0 Å². The highest BCUT2D eigenvalue weighted by molar-refractivity contribution is 7.89. The lowest BCUT2D eigenvalue weighted by Gasteiger charge is -2.24. The molecule has 236 valence electrons. The molecule has 0 bridgehead atoms. The molecular weight excluding hydrogens is 588 g/mol. The highest BCUT2D eigenvalue weighted by atomic mass is 32.2. The molecule has 0 radical (unpaired) electrons. The van der Waals surface area contributed by atoms with Crippen molar-refractivity contribution in [3.05, 3.63) is 113 Å². The number of hydrogen-bond donors (Lipinski definition) is 3. The van der Waals surface area contributed by atoms with Crippen LogP contribution in [0.15, 0.2) is 95.9 Å². The van der Waals surface area contributed by atoms with Gasteiger partial charge in [0.1, 0.15) is 11.3 Å². The number of amides is 1. The lowest BCUT2D eigenvalue weighted by atomic mass is 10.0. The second-order valence-corrected chi connectivity index (χ2v) is 12.9. The monoisotopic (exact) mass is 628 g/mol. The molecular formula is C36H40N2O6S. The summed E-state index contributed by atoms with van der Waals surface area (Å²) in [7, 11) is -4.05. The number of nitrogens with one attached hydrogen (secondary N) is 1. The lowest BCUT2D eigenvalue weighted by molar-refractivity contribution is -0.117. The number of anilines is 1. The maximum absolute atomic E-state index is 13.6. The Balaban J connectivity index is 1.52. The number of carboxylic acid groups (broad SMARTS) is 1. The molecule has 0 aliphatic heterocycles. The largest absolute Gasteiger partial charge is 0.507 e. The summed E-state index contributed by atoms with van der Waals surface area (Å²) in [6.45, 7) is 3.54. The molecule has 0 aromatic heterocycles. The van der Waals surface area contributed by atoms with E-state index in [1.165, 1.54) is 60.4 Å². The molecule has 8 nitrogen and oxygen atoms in total. The van der Waals surface area contributed by atoms with Gasteiger partial charge in [-0.15, -0.1) is 0 Å². The first-order chi connectivity index (χ1) is 21.6. The van der Waals surface area contributed by atoms with Crippen molar-refractivity contribution in [2.24, 2.45) is 0 Å². The zero-order chi connectivity index (χ0) is 32.4. The summed E-state index contributed by atoms with van der Waals surface area (Å²) in [5.74, 6) is -2.37. The van der Waals surface area contributed by atoms with E-state index in [0.29, 0.717) is 0 Å². The third-order valence-corrected chi connectivity index (χ3v) is 9.16. The molecule has 0 atom stereocenters. The van der Waals surface area contributed by atoms with Crippen LogP contribution in [0.2, 0.25) is 0 Å². The highest BCUT2D eigenvalue weighted by Crippen LogP contribution is 2.27. The fraction of sp³-hybridized carbons (Fsp3) is 0.278. The van der Waals surface area contributed by atoms with Crippen molar-refractivity contribution in [3.8, 4) is 16.9 Å². The molecule has 0 heterocycles. The maximum Gasteiger partial charge on any atom is 0.339 e. The Bertz CT molecular complexity index is 1720. The molecule has 4 rings (SSSR count).